The summed E-state index contributed by atoms with van der Waals surface area (Å²) in [7, 11) is 0. The van der Waals surface area contributed by atoms with E-state index in [1.165, 1.54) is 11.1 Å². The van der Waals surface area contributed by atoms with Crippen molar-refractivity contribution in [2.24, 2.45) is 0 Å². The zero-order valence-electron chi connectivity index (χ0n) is 18.2. The Hall–Kier alpha value is -2.90. The highest BCUT2D eigenvalue weighted by atomic mass is 35.5. The number of carboxylic acid groups (broad SMARTS) is 1. The molecule has 0 unspecified atom stereocenters. The van der Waals surface area contributed by atoms with Crippen LogP contribution in [0.5, 0.6) is 5.75 Å². The fraction of sp³-hybridized carbons (Fsp3) is 0.375. The number of ether oxygens (including phenoxy) is 1. The molecular formula is C24H26ClN3O4. The van der Waals surface area contributed by atoms with Gasteiger partial charge in [0.15, 0.2) is 0 Å². The minimum Gasteiger partial charge on any atom is -0.489 e. The van der Waals surface area contributed by atoms with Gasteiger partial charge in [0.2, 0.25) is 5.82 Å². The molecular weight excluding hydrogens is 430 g/mol. The van der Waals surface area contributed by atoms with Crippen LogP contribution in [-0.4, -0.2) is 51.9 Å². The monoisotopic (exact) mass is 455 g/mol. The Balaban J connectivity index is 1.50. The van der Waals surface area contributed by atoms with E-state index in [2.05, 4.69) is 27.2 Å². The van der Waals surface area contributed by atoms with Gasteiger partial charge in [-0.15, -0.1) is 0 Å². The Morgan fingerprint density at radius 3 is 2.62 bits per heavy atom. The molecule has 0 aliphatic carbocycles. The SMILES string of the molecule is CC(C)Oc1ccc(-c2nc(-c3ccc4c(c3)CCN(CCC(=O)O)CC4)no2)cc1Cl. The predicted octanol–water partition coefficient (Wildman–Crippen LogP) is 4.72. The van der Waals surface area contributed by atoms with Gasteiger partial charge in [-0.1, -0.05) is 28.9 Å². The van der Waals surface area contributed by atoms with Crippen LogP contribution < -0.4 is 4.74 Å². The summed E-state index contributed by atoms with van der Waals surface area (Å²) in [4.78, 5) is 17.6. The number of nitrogens with zero attached hydrogens (tertiary/aromatic N) is 3. The van der Waals surface area contributed by atoms with Gasteiger partial charge in [0.25, 0.3) is 5.89 Å². The normalized spacial score (nSPS) is 14.2. The van der Waals surface area contributed by atoms with E-state index in [-0.39, 0.29) is 12.5 Å². The van der Waals surface area contributed by atoms with Crippen LogP contribution in [-0.2, 0) is 17.6 Å². The minimum atomic E-state index is -0.759. The fourth-order valence-electron chi connectivity index (χ4n) is 3.83. The number of hydrogen-bond acceptors (Lipinski definition) is 6. The molecule has 32 heavy (non-hydrogen) atoms. The van der Waals surface area contributed by atoms with Crippen molar-refractivity contribution in [1.29, 1.82) is 0 Å². The summed E-state index contributed by atoms with van der Waals surface area (Å²) in [6, 6.07) is 11.6. The van der Waals surface area contributed by atoms with Gasteiger partial charge in [-0.25, -0.2) is 0 Å². The standard InChI is InChI=1S/C24H26ClN3O4/c1-15(2)31-21-6-5-19(14-20(21)25)24-26-23(27-32-24)18-4-3-16-7-10-28(12-9-22(29)30)11-8-17(16)13-18/h3-6,13-15H,7-12H2,1-2H3,(H,29,30). The zero-order valence-corrected chi connectivity index (χ0v) is 18.9. The fourth-order valence-corrected chi connectivity index (χ4v) is 4.05. The highest BCUT2D eigenvalue weighted by Gasteiger charge is 2.18. The number of benzene rings is 2. The van der Waals surface area contributed by atoms with Crippen LogP contribution in [0.4, 0.5) is 0 Å². The van der Waals surface area contributed by atoms with Gasteiger partial charge < -0.3 is 19.3 Å². The molecule has 3 aromatic rings. The Kier molecular flexibility index (Phi) is 6.77. The van der Waals surface area contributed by atoms with Crippen molar-refractivity contribution in [2.45, 2.75) is 39.2 Å². The van der Waals surface area contributed by atoms with Crippen molar-refractivity contribution in [3.05, 3.63) is 52.5 Å². The average Bonchev–Trinajstić information content (AvgIpc) is 3.16. The molecule has 0 fully saturated rings. The lowest BCUT2D eigenvalue weighted by Gasteiger charge is -2.18. The molecule has 0 amide bonds. The van der Waals surface area contributed by atoms with Gasteiger partial charge in [-0.2, -0.15) is 4.98 Å². The third-order valence-corrected chi connectivity index (χ3v) is 5.76. The maximum atomic E-state index is 10.9. The molecule has 7 nitrogen and oxygen atoms in total. The lowest BCUT2D eigenvalue weighted by atomic mass is 10.00. The first-order chi connectivity index (χ1) is 15.4. The number of carboxylic acids is 1. The van der Waals surface area contributed by atoms with Crippen molar-refractivity contribution in [2.75, 3.05) is 19.6 Å². The van der Waals surface area contributed by atoms with Crippen molar-refractivity contribution in [1.82, 2.24) is 15.0 Å². The summed E-state index contributed by atoms with van der Waals surface area (Å²) in [6.45, 7) is 6.17. The van der Waals surface area contributed by atoms with E-state index < -0.39 is 5.97 Å². The second-order valence-corrected chi connectivity index (χ2v) is 8.61. The molecule has 4 rings (SSSR count). The molecule has 0 bridgehead atoms. The first-order valence-electron chi connectivity index (χ1n) is 10.8. The largest absolute Gasteiger partial charge is 0.489 e. The second-order valence-electron chi connectivity index (χ2n) is 8.20. The molecule has 8 heteroatoms. The van der Waals surface area contributed by atoms with Crippen LogP contribution in [0.1, 0.15) is 31.4 Å². The van der Waals surface area contributed by atoms with Gasteiger partial charge in [0.05, 0.1) is 17.5 Å². The average molecular weight is 456 g/mol. The summed E-state index contributed by atoms with van der Waals surface area (Å²) in [6.07, 6.45) is 1.96. The van der Waals surface area contributed by atoms with Crippen molar-refractivity contribution >= 4 is 17.6 Å². The third-order valence-electron chi connectivity index (χ3n) is 5.47. The Morgan fingerprint density at radius 2 is 1.91 bits per heavy atom. The number of rotatable bonds is 7. The predicted molar refractivity (Wildman–Crippen MR) is 122 cm³/mol. The molecule has 0 spiro atoms. The Bertz CT molecular complexity index is 1110. The third kappa shape index (κ3) is 5.29. The van der Waals surface area contributed by atoms with Gasteiger partial charge in [0.1, 0.15) is 5.75 Å². The molecule has 1 N–H and O–H groups in total. The number of fused-ring (bicyclic) bond motifs is 1. The van der Waals surface area contributed by atoms with Crippen LogP contribution in [0.15, 0.2) is 40.9 Å². The lowest BCUT2D eigenvalue weighted by molar-refractivity contribution is -0.137. The molecule has 0 atom stereocenters. The van der Waals surface area contributed by atoms with Crippen molar-refractivity contribution < 1.29 is 19.2 Å². The summed E-state index contributed by atoms with van der Waals surface area (Å²) in [5, 5.41) is 13.6. The van der Waals surface area contributed by atoms with Crippen molar-refractivity contribution in [3.8, 4) is 28.6 Å². The smallest absolute Gasteiger partial charge is 0.304 e. The molecule has 1 aromatic heterocycles. The molecule has 2 aromatic carbocycles. The molecule has 1 aliphatic rings. The van der Waals surface area contributed by atoms with Crippen LogP contribution >= 0.6 is 11.6 Å². The number of carbonyl (C=O) groups is 1. The van der Waals surface area contributed by atoms with E-state index in [4.69, 9.17) is 26.0 Å². The Morgan fingerprint density at radius 1 is 1.16 bits per heavy atom. The maximum absolute atomic E-state index is 10.9. The van der Waals surface area contributed by atoms with Crippen LogP contribution in [0, 0.1) is 0 Å². The number of hydrogen-bond donors (Lipinski definition) is 1. The van der Waals surface area contributed by atoms with Gasteiger partial charge in [0, 0.05) is 30.8 Å². The molecule has 0 saturated heterocycles. The van der Waals surface area contributed by atoms with E-state index >= 15 is 0 Å². The van der Waals surface area contributed by atoms with Crippen LogP contribution in [0.25, 0.3) is 22.8 Å². The molecule has 1 aliphatic heterocycles. The first-order valence-corrected chi connectivity index (χ1v) is 11.1. The van der Waals surface area contributed by atoms with E-state index in [0.717, 1.165) is 37.1 Å². The summed E-state index contributed by atoms with van der Waals surface area (Å²) >= 11 is 6.34. The summed E-state index contributed by atoms with van der Waals surface area (Å²) < 4.78 is 11.2. The lowest BCUT2D eigenvalue weighted by Crippen LogP contribution is -2.28. The highest BCUT2D eigenvalue weighted by Crippen LogP contribution is 2.31. The number of aliphatic carboxylic acids is 1. The van der Waals surface area contributed by atoms with Gasteiger partial charge in [-0.3, -0.25) is 4.79 Å². The van der Waals surface area contributed by atoms with Gasteiger partial charge in [-0.05, 0) is 62.1 Å². The number of halogens is 1. The van der Waals surface area contributed by atoms with E-state index in [1.807, 2.05) is 26.0 Å². The number of aromatic nitrogens is 2. The Labute approximate surface area is 192 Å². The molecule has 2 heterocycles. The molecule has 0 saturated carbocycles. The van der Waals surface area contributed by atoms with Gasteiger partial charge >= 0.3 is 5.97 Å². The van der Waals surface area contributed by atoms with Crippen LogP contribution in [0.3, 0.4) is 0 Å². The molecule has 168 valence electrons. The van der Waals surface area contributed by atoms with E-state index in [9.17, 15) is 4.79 Å². The van der Waals surface area contributed by atoms with Crippen LogP contribution in [0.2, 0.25) is 5.02 Å². The topological polar surface area (TPSA) is 88.7 Å². The first kappa shape index (κ1) is 22.3. The zero-order chi connectivity index (χ0) is 22.7. The van der Waals surface area contributed by atoms with E-state index in [0.29, 0.717) is 29.0 Å². The quantitative estimate of drug-likeness (QED) is 0.551. The highest BCUT2D eigenvalue weighted by molar-refractivity contribution is 6.32. The van der Waals surface area contributed by atoms with E-state index in [1.54, 1.807) is 12.1 Å². The minimum absolute atomic E-state index is 0.0332. The van der Waals surface area contributed by atoms with Crippen molar-refractivity contribution in [3.63, 3.8) is 0 Å². The summed E-state index contributed by atoms with van der Waals surface area (Å²) in [5.41, 5.74) is 4.14. The second kappa shape index (κ2) is 9.71. The maximum Gasteiger partial charge on any atom is 0.304 e. The summed E-state index contributed by atoms with van der Waals surface area (Å²) in [5.74, 6) is 0.778. The molecule has 0 radical (unpaired) electrons.